The molecule has 1 rings (SSSR count). The molecule has 0 bridgehead atoms. The van der Waals surface area contributed by atoms with Crippen molar-refractivity contribution in [3.63, 3.8) is 0 Å². The van der Waals surface area contributed by atoms with E-state index in [1.807, 2.05) is 0 Å². The summed E-state index contributed by atoms with van der Waals surface area (Å²) in [6.07, 6.45) is 5.77. The first-order valence-corrected chi connectivity index (χ1v) is 8.12. The van der Waals surface area contributed by atoms with Crippen molar-refractivity contribution in [3.05, 3.63) is 45.2 Å². The van der Waals surface area contributed by atoms with Gasteiger partial charge in [0.05, 0.1) is 0 Å². The molecular formula is C20H38MoN3. The number of nitrogens with one attached hydrogen (secondary N) is 1. The van der Waals surface area contributed by atoms with Crippen LogP contribution in [0.3, 0.4) is 0 Å². The van der Waals surface area contributed by atoms with E-state index in [2.05, 4.69) is 83.5 Å². The van der Waals surface area contributed by atoms with Gasteiger partial charge in [-0.05, 0) is 26.2 Å². The number of hydrogen-bond donors (Lipinski definition) is 1. The maximum absolute atomic E-state index is 3.59. The van der Waals surface area contributed by atoms with Gasteiger partial charge < -0.3 is 16.0 Å². The van der Waals surface area contributed by atoms with Gasteiger partial charge in [0, 0.05) is 5.54 Å². The Kier molecular flexibility index (Phi) is 15.3. The first-order valence-electron chi connectivity index (χ1n) is 8.12. The maximum atomic E-state index is 3.59. The molecule has 0 amide bonds. The fourth-order valence-corrected chi connectivity index (χ4v) is 1.82. The summed E-state index contributed by atoms with van der Waals surface area (Å²) in [7, 11) is 7.00. The Hall–Kier alpha value is -0.372. The van der Waals surface area contributed by atoms with E-state index in [-0.39, 0.29) is 32.0 Å². The van der Waals surface area contributed by atoms with Crippen molar-refractivity contribution >= 4 is 0 Å². The minimum Gasteiger partial charge on any atom is -0.668 e. The zero-order chi connectivity index (χ0) is 18.8. The molecule has 0 aromatic heterocycles. The molecule has 139 valence electrons. The number of allylic oxidation sites excluding steroid dienone is 5. The summed E-state index contributed by atoms with van der Waals surface area (Å²) in [6.45, 7) is 17.6. The maximum Gasteiger partial charge on any atom is 3.00 e. The standard InChI is InChI=1S/C16H26N.2C2H6N.Mo/c1-11(2)12-9-13(15(3,4)5)14(10-12)17-16(6,7)8;2*1-3-2;/h10,17H,1-8H3;2*1-2H3;/q3*-1;+3. The largest absolute Gasteiger partial charge is 3.00 e. The van der Waals surface area contributed by atoms with Crippen molar-refractivity contribution in [2.75, 3.05) is 28.2 Å². The second kappa shape index (κ2) is 12.9. The molecule has 1 N–H and O–H groups in total. The summed E-state index contributed by atoms with van der Waals surface area (Å²) in [6, 6.07) is 0. The van der Waals surface area contributed by atoms with Crippen LogP contribution in [-0.2, 0) is 21.1 Å². The third-order valence-electron chi connectivity index (χ3n) is 2.62. The van der Waals surface area contributed by atoms with Gasteiger partial charge in [0.15, 0.2) is 0 Å². The topological polar surface area (TPSA) is 40.2 Å². The minimum absolute atomic E-state index is 0. The molecular weight excluding hydrogens is 378 g/mol. The normalized spacial score (nSPS) is 13.4. The Morgan fingerprint density at radius 3 is 1.54 bits per heavy atom. The SMILES string of the molecule is CC(C)=C1[C-]=C(C(C)(C)C)C(NC(C)(C)C)=C1.C[N-]C.C[N-]C.[Mo+3]. The molecule has 24 heavy (non-hydrogen) atoms. The van der Waals surface area contributed by atoms with E-state index >= 15 is 0 Å². The van der Waals surface area contributed by atoms with Crippen molar-refractivity contribution < 1.29 is 21.1 Å². The van der Waals surface area contributed by atoms with E-state index in [0.717, 1.165) is 0 Å². The van der Waals surface area contributed by atoms with Crippen molar-refractivity contribution in [2.24, 2.45) is 5.41 Å². The molecule has 0 heterocycles. The average molecular weight is 416 g/mol. The molecule has 0 aromatic rings. The monoisotopic (exact) mass is 418 g/mol. The van der Waals surface area contributed by atoms with E-state index in [0.29, 0.717) is 0 Å². The molecule has 0 saturated heterocycles. The van der Waals surface area contributed by atoms with Gasteiger partial charge in [0.2, 0.25) is 0 Å². The quantitative estimate of drug-likeness (QED) is 0.437. The summed E-state index contributed by atoms with van der Waals surface area (Å²) >= 11 is 0. The molecule has 0 unspecified atom stereocenters. The fourth-order valence-electron chi connectivity index (χ4n) is 1.82. The van der Waals surface area contributed by atoms with Crippen LogP contribution in [0.25, 0.3) is 10.6 Å². The molecule has 1 aliphatic rings. The summed E-state index contributed by atoms with van der Waals surface area (Å²) < 4.78 is 0. The molecule has 0 spiro atoms. The van der Waals surface area contributed by atoms with Crippen LogP contribution in [-0.4, -0.2) is 33.7 Å². The predicted octanol–water partition coefficient (Wildman–Crippen LogP) is 5.62. The molecule has 0 aliphatic heterocycles. The molecule has 3 nitrogen and oxygen atoms in total. The second-order valence-electron chi connectivity index (χ2n) is 7.99. The zero-order valence-electron chi connectivity index (χ0n) is 17.9. The van der Waals surface area contributed by atoms with Gasteiger partial charge in [-0.2, -0.15) is 39.8 Å². The predicted molar refractivity (Wildman–Crippen MR) is 106 cm³/mol. The first kappa shape index (κ1) is 28.4. The Balaban J connectivity index is -0.000000550. The summed E-state index contributed by atoms with van der Waals surface area (Å²) in [5, 5.41) is 10.6. The number of hydrogen-bond acceptors (Lipinski definition) is 1. The van der Waals surface area contributed by atoms with Gasteiger partial charge in [-0.15, -0.1) is 17.2 Å². The van der Waals surface area contributed by atoms with Crippen LogP contribution in [0, 0.1) is 11.5 Å². The van der Waals surface area contributed by atoms with E-state index in [1.54, 1.807) is 28.2 Å². The third-order valence-corrected chi connectivity index (χ3v) is 2.62. The van der Waals surface area contributed by atoms with Crippen LogP contribution >= 0.6 is 0 Å². The van der Waals surface area contributed by atoms with E-state index < -0.39 is 0 Å². The number of nitrogens with zero attached hydrogens (tertiary/aromatic N) is 2. The Morgan fingerprint density at radius 1 is 0.917 bits per heavy atom. The first-order chi connectivity index (χ1) is 10.3. The molecule has 0 atom stereocenters. The average Bonchev–Trinajstić information content (AvgIpc) is 2.72. The fraction of sp³-hybridized carbons (Fsp3) is 0.700. The van der Waals surface area contributed by atoms with E-state index in [1.165, 1.54) is 22.4 Å². The molecule has 1 radical (unpaired) electrons. The molecule has 0 saturated carbocycles. The van der Waals surface area contributed by atoms with Crippen molar-refractivity contribution in [2.45, 2.75) is 60.9 Å². The van der Waals surface area contributed by atoms with Crippen molar-refractivity contribution in [1.82, 2.24) is 5.32 Å². The minimum atomic E-state index is 0. The van der Waals surface area contributed by atoms with Crippen LogP contribution in [0.1, 0.15) is 55.4 Å². The van der Waals surface area contributed by atoms with Gasteiger partial charge in [-0.1, -0.05) is 40.3 Å². The van der Waals surface area contributed by atoms with Crippen molar-refractivity contribution in [1.29, 1.82) is 0 Å². The summed E-state index contributed by atoms with van der Waals surface area (Å²) in [5.74, 6) is 0. The molecule has 4 heteroatoms. The van der Waals surface area contributed by atoms with Crippen LogP contribution in [0.4, 0.5) is 0 Å². The molecule has 0 aromatic carbocycles. The van der Waals surface area contributed by atoms with Crippen LogP contribution < -0.4 is 5.32 Å². The van der Waals surface area contributed by atoms with Gasteiger partial charge in [0.1, 0.15) is 0 Å². The Bertz CT molecular complexity index is 427. The van der Waals surface area contributed by atoms with Crippen LogP contribution in [0.5, 0.6) is 0 Å². The summed E-state index contributed by atoms with van der Waals surface area (Å²) in [4.78, 5) is 0. The molecule has 1 aliphatic carbocycles. The van der Waals surface area contributed by atoms with Gasteiger partial charge in [-0.25, -0.2) is 0 Å². The van der Waals surface area contributed by atoms with Gasteiger partial charge in [0.25, 0.3) is 0 Å². The molecule has 0 fully saturated rings. The van der Waals surface area contributed by atoms with Crippen LogP contribution in [0.2, 0.25) is 0 Å². The van der Waals surface area contributed by atoms with Gasteiger partial charge in [-0.3, -0.25) is 0 Å². The van der Waals surface area contributed by atoms with Crippen molar-refractivity contribution in [3.8, 4) is 0 Å². The van der Waals surface area contributed by atoms with Crippen LogP contribution in [0.15, 0.2) is 28.5 Å². The van der Waals surface area contributed by atoms with E-state index in [4.69, 9.17) is 0 Å². The Morgan fingerprint density at radius 2 is 1.29 bits per heavy atom. The second-order valence-corrected chi connectivity index (χ2v) is 7.99. The van der Waals surface area contributed by atoms with E-state index in [9.17, 15) is 0 Å². The smallest absolute Gasteiger partial charge is 0.668 e. The number of rotatable bonds is 1. The third kappa shape index (κ3) is 13.0. The zero-order valence-corrected chi connectivity index (χ0v) is 19.9. The summed E-state index contributed by atoms with van der Waals surface area (Å²) in [5.41, 5.74) is 5.26. The Labute approximate surface area is 166 Å². The van der Waals surface area contributed by atoms with Gasteiger partial charge >= 0.3 is 21.1 Å².